The van der Waals surface area contributed by atoms with Crippen LogP contribution in [0.5, 0.6) is 0 Å². The third kappa shape index (κ3) is 4.28. The molecule has 0 aliphatic carbocycles. The average Bonchev–Trinajstić information content (AvgIpc) is 2.95. The minimum atomic E-state index is -1.39. The Morgan fingerprint density at radius 2 is 1.87 bits per heavy atom. The standard InChI is InChI=1S/C21H20ClF2N3O3/c1-2-3-10-21(13-4-7-15(23)8-5-13)19(29)27(20(30)26-21)12-18(28)25-17-11-14(22)6-9-16(17)24/h4-9,11H,2-3,10,12H2,1H3,(H,25,28)(H,26,30). The van der Waals surface area contributed by atoms with Crippen molar-refractivity contribution in [3.05, 3.63) is 64.7 Å². The Morgan fingerprint density at radius 1 is 1.17 bits per heavy atom. The van der Waals surface area contributed by atoms with E-state index in [1.165, 1.54) is 36.4 Å². The van der Waals surface area contributed by atoms with Crippen molar-refractivity contribution in [1.82, 2.24) is 10.2 Å². The second-order valence-electron chi connectivity index (χ2n) is 7.01. The molecule has 3 rings (SSSR count). The Kier molecular flexibility index (Phi) is 6.36. The third-order valence-electron chi connectivity index (χ3n) is 4.92. The van der Waals surface area contributed by atoms with Crippen molar-refractivity contribution in [2.24, 2.45) is 0 Å². The maximum absolute atomic E-state index is 13.8. The average molecular weight is 436 g/mol. The highest BCUT2D eigenvalue weighted by molar-refractivity contribution is 6.30. The van der Waals surface area contributed by atoms with Gasteiger partial charge in [-0.15, -0.1) is 0 Å². The third-order valence-corrected chi connectivity index (χ3v) is 5.16. The Labute approximate surface area is 177 Å². The number of carbonyl (C=O) groups is 3. The van der Waals surface area contributed by atoms with E-state index in [4.69, 9.17) is 11.6 Å². The van der Waals surface area contributed by atoms with E-state index < -0.39 is 41.6 Å². The van der Waals surface area contributed by atoms with Gasteiger partial charge in [0.05, 0.1) is 5.69 Å². The van der Waals surface area contributed by atoms with Crippen LogP contribution < -0.4 is 10.6 Å². The lowest BCUT2D eigenvalue weighted by Gasteiger charge is -2.27. The summed E-state index contributed by atoms with van der Waals surface area (Å²) in [6.07, 6.45) is 1.68. The number of hydrogen-bond donors (Lipinski definition) is 2. The quantitative estimate of drug-likeness (QED) is 0.640. The molecule has 0 aromatic heterocycles. The summed E-state index contributed by atoms with van der Waals surface area (Å²) in [7, 11) is 0. The molecule has 1 saturated heterocycles. The van der Waals surface area contributed by atoms with Gasteiger partial charge in [-0.05, 0) is 42.3 Å². The SMILES string of the molecule is CCCCC1(c2ccc(F)cc2)NC(=O)N(CC(=O)Nc2cc(Cl)ccc2F)C1=O. The van der Waals surface area contributed by atoms with Gasteiger partial charge in [-0.25, -0.2) is 13.6 Å². The molecule has 1 heterocycles. The van der Waals surface area contributed by atoms with E-state index in [-0.39, 0.29) is 10.7 Å². The van der Waals surface area contributed by atoms with Crippen LogP contribution in [0, 0.1) is 11.6 Å². The van der Waals surface area contributed by atoms with E-state index in [0.29, 0.717) is 18.4 Å². The molecule has 1 atom stereocenters. The lowest BCUT2D eigenvalue weighted by atomic mass is 9.85. The van der Waals surface area contributed by atoms with Crippen molar-refractivity contribution < 1.29 is 23.2 Å². The second-order valence-corrected chi connectivity index (χ2v) is 7.45. The first-order valence-corrected chi connectivity index (χ1v) is 9.79. The number of unbranched alkanes of at least 4 members (excludes halogenated alkanes) is 1. The normalized spacial score (nSPS) is 18.5. The van der Waals surface area contributed by atoms with E-state index in [1.807, 2.05) is 6.92 Å². The summed E-state index contributed by atoms with van der Waals surface area (Å²) in [5.74, 6) is -2.55. The molecular formula is C21H20ClF2N3O3. The number of nitrogens with zero attached hydrogens (tertiary/aromatic N) is 1. The highest BCUT2D eigenvalue weighted by atomic mass is 35.5. The minimum Gasteiger partial charge on any atom is -0.322 e. The zero-order valence-electron chi connectivity index (χ0n) is 16.2. The Hall–Kier alpha value is -3.00. The summed E-state index contributed by atoms with van der Waals surface area (Å²) in [5.41, 5.74) is -1.11. The van der Waals surface area contributed by atoms with Gasteiger partial charge in [0.1, 0.15) is 23.7 Å². The van der Waals surface area contributed by atoms with Crippen LogP contribution in [0.2, 0.25) is 5.02 Å². The molecule has 0 bridgehead atoms. The van der Waals surface area contributed by atoms with Crippen molar-refractivity contribution >= 4 is 35.1 Å². The summed E-state index contributed by atoms with van der Waals surface area (Å²) in [6, 6.07) is 8.19. The molecular weight excluding hydrogens is 416 g/mol. The molecule has 0 radical (unpaired) electrons. The summed E-state index contributed by atoms with van der Waals surface area (Å²) < 4.78 is 27.2. The second kappa shape index (κ2) is 8.79. The summed E-state index contributed by atoms with van der Waals surface area (Å²) in [5, 5.41) is 5.20. The van der Waals surface area contributed by atoms with Gasteiger partial charge in [0.2, 0.25) is 5.91 Å². The van der Waals surface area contributed by atoms with Crippen LogP contribution in [0.15, 0.2) is 42.5 Å². The maximum Gasteiger partial charge on any atom is 0.325 e. The van der Waals surface area contributed by atoms with Gasteiger partial charge >= 0.3 is 6.03 Å². The lowest BCUT2D eigenvalue weighted by molar-refractivity contribution is -0.134. The van der Waals surface area contributed by atoms with Crippen LogP contribution in [0.3, 0.4) is 0 Å². The zero-order valence-corrected chi connectivity index (χ0v) is 16.9. The highest BCUT2D eigenvalue weighted by Gasteiger charge is 2.52. The summed E-state index contributed by atoms with van der Waals surface area (Å²) in [4.78, 5) is 38.9. The predicted molar refractivity (Wildman–Crippen MR) is 108 cm³/mol. The fraction of sp³-hybridized carbons (Fsp3) is 0.286. The number of amides is 4. The van der Waals surface area contributed by atoms with Crippen LogP contribution >= 0.6 is 11.6 Å². The highest BCUT2D eigenvalue weighted by Crippen LogP contribution is 2.34. The van der Waals surface area contributed by atoms with Crippen molar-refractivity contribution in [1.29, 1.82) is 0 Å². The monoisotopic (exact) mass is 435 g/mol. The largest absolute Gasteiger partial charge is 0.325 e. The topological polar surface area (TPSA) is 78.5 Å². The molecule has 2 aromatic carbocycles. The number of rotatable bonds is 7. The fourth-order valence-electron chi connectivity index (χ4n) is 3.38. The molecule has 6 nitrogen and oxygen atoms in total. The summed E-state index contributed by atoms with van der Waals surface area (Å²) in [6.45, 7) is 1.33. The summed E-state index contributed by atoms with van der Waals surface area (Å²) >= 11 is 5.81. The van der Waals surface area contributed by atoms with Crippen LogP contribution in [0.1, 0.15) is 31.7 Å². The van der Waals surface area contributed by atoms with E-state index in [1.54, 1.807) is 0 Å². The lowest BCUT2D eigenvalue weighted by Crippen LogP contribution is -2.44. The van der Waals surface area contributed by atoms with Crippen LogP contribution in [0.25, 0.3) is 0 Å². The molecule has 1 fully saturated rings. The van der Waals surface area contributed by atoms with Crippen LogP contribution in [-0.2, 0) is 15.1 Å². The smallest absolute Gasteiger partial charge is 0.322 e. The molecule has 30 heavy (non-hydrogen) atoms. The predicted octanol–water partition coefficient (Wildman–Crippen LogP) is 4.19. The van der Waals surface area contributed by atoms with E-state index in [9.17, 15) is 23.2 Å². The first kappa shape index (κ1) is 21.7. The van der Waals surface area contributed by atoms with Crippen molar-refractivity contribution in [2.45, 2.75) is 31.7 Å². The van der Waals surface area contributed by atoms with Crippen molar-refractivity contribution in [2.75, 3.05) is 11.9 Å². The van der Waals surface area contributed by atoms with Gasteiger partial charge in [0.15, 0.2) is 0 Å². The molecule has 1 unspecified atom stereocenters. The molecule has 2 aromatic rings. The van der Waals surface area contributed by atoms with E-state index >= 15 is 0 Å². The van der Waals surface area contributed by atoms with Gasteiger partial charge in [-0.1, -0.05) is 43.5 Å². The molecule has 1 aliphatic heterocycles. The number of imide groups is 1. The number of hydrogen-bond acceptors (Lipinski definition) is 3. The van der Waals surface area contributed by atoms with Crippen LogP contribution in [-0.4, -0.2) is 29.3 Å². The fourth-order valence-corrected chi connectivity index (χ4v) is 3.55. The molecule has 0 spiro atoms. The van der Waals surface area contributed by atoms with Gasteiger partial charge in [0.25, 0.3) is 5.91 Å². The van der Waals surface area contributed by atoms with E-state index in [0.717, 1.165) is 17.4 Å². The van der Waals surface area contributed by atoms with Crippen molar-refractivity contribution in [3.8, 4) is 0 Å². The molecule has 4 amide bonds. The zero-order chi connectivity index (χ0) is 21.9. The molecule has 0 saturated carbocycles. The first-order chi connectivity index (χ1) is 14.3. The number of urea groups is 1. The van der Waals surface area contributed by atoms with Gasteiger partial charge < -0.3 is 10.6 Å². The van der Waals surface area contributed by atoms with E-state index in [2.05, 4.69) is 10.6 Å². The minimum absolute atomic E-state index is 0.157. The van der Waals surface area contributed by atoms with Crippen LogP contribution in [0.4, 0.5) is 19.3 Å². The number of benzene rings is 2. The van der Waals surface area contributed by atoms with Crippen molar-refractivity contribution in [3.63, 3.8) is 0 Å². The number of halogens is 3. The number of carbonyl (C=O) groups excluding carboxylic acids is 3. The Morgan fingerprint density at radius 3 is 2.53 bits per heavy atom. The van der Waals surface area contributed by atoms with Gasteiger partial charge in [-0.3, -0.25) is 14.5 Å². The maximum atomic E-state index is 13.8. The number of nitrogens with one attached hydrogen (secondary N) is 2. The number of anilines is 1. The van der Waals surface area contributed by atoms with Gasteiger partial charge in [0, 0.05) is 5.02 Å². The van der Waals surface area contributed by atoms with Gasteiger partial charge in [-0.2, -0.15) is 0 Å². The molecule has 2 N–H and O–H groups in total. The Balaban J connectivity index is 1.83. The first-order valence-electron chi connectivity index (χ1n) is 9.42. The molecule has 158 valence electrons. The molecule has 1 aliphatic rings. The Bertz CT molecular complexity index is 984. The molecule has 9 heteroatoms.